The van der Waals surface area contributed by atoms with Gasteiger partial charge in [-0.05, 0) is 52.4 Å². The SMILES string of the molecule is CC1CCCC1CNC(=O)c1ccc(Br)c(N)c1. The lowest BCUT2D eigenvalue weighted by Gasteiger charge is -2.16. The second kappa shape index (κ2) is 5.74. The maximum atomic E-state index is 12.0. The van der Waals surface area contributed by atoms with Crippen LogP contribution in [0, 0.1) is 11.8 Å². The Kier molecular flexibility index (Phi) is 4.27. The Morgan fingerprint density at radius 1 is 1.50 bits per heavy atom. The fourth-order valence-corrected chi connectivity index (χ4v) is 2.78. The fraction of sp³-hybridized carbons (Fsp3) is 0.500. The van der Waals surface area contributed by atoms with Gasteiger partial charge in [-0.2, -0.15) is 0 Å². The zero-order valence-electron chi connectivity index (χ0n) is 10.6. The number of nitrogens with two attached hydrogens (primary N) is 1. The number of anilines is 1. The third-order valence-electron chi connectivity index (χ3n) is 3.82. The molecule has 2 rings (SSSR count). The van der Waals surface area contributed by atoms with Crippen LogP contribution < -0.4 is 11.1 Å². The number of amides is 1. The van der Waals surface area contributed by atoms with Gasteiger partial charge in [0.15, 0.2) is 0 Å². The average molecular weight is 311 g/mol. The standard InChI is InChI=1S/C14H19BrN2O/c1-9-3-2-4-11(9)8-17-14(18)10-5-6-12(15)13(16)7-10/h5-7,9,11H,2-4,8,16H2,1H3,(H,17,18). The highest BCUT2D eigenvalue weighted by atomic mass is 79.9. The van der Waals surface area contributed by atoms with Crippen LogP contribution in [-0.2, 0) is 0 Å². The summed E-state index contributed by atoms with van der Waals surface area (Å²) in [6.45, 7) is 3.04. The molecular weight excluding hydrogens is 292 g/mol. The molecule has 0 saturated heterocycles. The molecule has 1 amide bonds. The van der Waals surface area contributed by atoms with Gasteiger partial charge in [0.25, 0.3) is 5.91 Å². The molecule has 1 fully saturated rings. The molecule has 1 aliphatic rings. The van der Waals surface area contributed by atoms with Gasteiger partial charge in [-0.15, -0.1) is 0 Å². The number of carbonyl (C=O) groups excluding carboxylic acids is 1. The van der Waals surface area contributed by atoms with Gasteiger partial charge in [0.1, 0.15) is 0 Å². The Labute approximate surface area is 116 Å². The van der Waals surface area contributed by atoms with E-state index in [0.29, 0.717) is 17.2 Å². The second-order valence-electron chi connectivity index (χ2n) is 5.11. The minimum absolute atomic E-state index is 0.0340. The van der Waals surface area contributed by atoms with E-state index in [1.54, 1.807) is 12.1 Å². The molecular formula is C14H19BrN2O. The van der Waals surface area contributed by atoms with E-state index in [1.807, 2.05) is 6.07 Å². The first-order valence-electron chi connectivity index (χ1n) is 6.41. The van der Waals surface area contributed by atoms with Gasteiger partial charge in [0.2, 0.25) is 0 Å². The molecule has 0 aliphatic heterocycles. The first kappa shape index (κ1) is 13.4. The molecule has 0 heterocycles. The van der Waals surface area contributed by atoms with Gasteiger partial charge in [-0.25, -0.2) is 0 Å². The van der Waals surface area contributed by atoms with E-state index in [0.717, 1.165) is 16.9 Å². The summed E-state index contributed by atoms with van der Waals surface area (Å²) < 4.78 is 0.823. The first-order valence-corrected chi connectivity index (χ1v) is 7.20. The van der Waals surface area contributed by atoms with Gasteiger partial charge in [-0.1, -0.05) is 19.8 Å². The summed E-state index contributed by atoms with van der Waals surface area (Å²) >= 11 is 3.32. The zero-order chi connectivity index (χ0) is 13.1. The number of rotatable bonds is 3. The summed E-state index contributed by atoms with van der Waals surface area (Å²) in [6, 6.07) is 5.30. The van der Waals surface area contributed by atoms with Crippen molar-refractivity contribution < 1.29 is 4.79 Å². The lowest BCUT2D eigenvalue weighted by molar-refractivity contribution is 0.0944. The molecule has 0 spiro atoms. The molecule has 4 heteroatoms. The third kappa shape index (κ3) is 3.05. The normalized spacial score (nSPS) is 23.0. The maximum Gasteiger partial charge on any atom is 0.251 e. The highest BCUT2D eigenvalue weighted by molar-refractivity contribution is 9.10. The van der Waals surface area contributed by atoms with Crippen LogP contribution in [0.2, 0.25) is 0 Å². The fourth-order valence-electron chi connectivity index (χ4n) is 2.54. The topological polar surface area (TPSA) is 55.1 Å². The molecule has 3 nitrogen and oxygen atoms in total. The number of halogens is 1. The minimum Gasteiger partial charge on any atom is -0.398 e. The van der Waals surface area contributed by atoms with Gasteiger partial charge in [0, 0.05) is 22.3 Å². The van der Waals surface area contributed by atoms with Crippen LogP contribution in [0.3, 0.4) is 0 Å². The molecule has 2 atom stereocenters. The van der Waals surface area contributed by atoms with Crippen LogP contribution in [0.25, 0.3) is 0 Å². The average Bonchev–Trinajstić information content (AvgIpc) is 2.75. The molecule has 1 aromatic carbocycles. The van der Waals surface area contributed by atoms with Gasteiger partial charge in [0.05, 0.1) is 0 Å². The van der Waals surface area contributed by atoms with Crippen molar-refractivity contribution in [2.75, 3.05) is 12.3 Å². The molecule has 1 aliphatic carbocycles. The van der Waals surface area contributed by atoms with E-state index in [2.05, 4.69) is 28.2 Å². The van der Waals surface area contributed by atoms with Crippen molar-refractivity contribution in [3.63, 3.8) is 0 Å². The van der Waals surface area contributed by atoms with Crippen LogP contribution in [0.15, 0.2) is 22.7 Å². The molecule has 1 saturated carbocycles. The number of benzene rings is 1. The van der Waals surface area contributed by atoms with Crippen molar-refractivity contribution in [3.05, 3.63) is 28.2 Å². The number of nitrogen functional groups attached to an aromatic ring is 1. The highest BCUT2D eigenvalue weighted by Gasteiger charge is 2.23. The summed E-state index contributed by atoms with van der Waals surface area (Å²) in [7, 11) is 0. The Balaban J connectivity index is 1.93. The molecule has 0 radical (unpaired) electrons. The molecule has 18 heavy (non-hydrogen) atoms. The number of nitrogens with one attached hydrogen (secondary N) is 1. The van der Waals surface area contributed by atoms with Gasteiger partial charge in [-0.3, -0.25) is 4.79 Å². The molecule has 98 valence electrons. The van der Waals surface area contributed by atoms with Crippen molar-refractivity contribution in [1.29, 1.82) is 0 Å². The van der Waals surface area contributed by atoms with Gasteiger partial charge >= 0.3 is 0 Å². The molecule has 2 unspecified atom stereocenters. The van der Waals surface area contributed by atoms with E-state index in [4.69, 9.17) is 5.73 Å². The van der Waals surface area contributed by atoms with E-state index in [1.165, 1.54) is 19.3 Å². The first-order chi connectivity index (χ1) is 8.58. The lowest BCUT2D eigenvalue weighted by atomic mass is 9.98. The smallest absolute Gasteiger partial charge is 0.251 e. The summed E-state index contributed by atoms with van der Waals surface area (Å²) in [5.41, 5.74) is 6.99. The van der Waals surface area contributed by atoms with Crippen molar-refractivity contribution in [1.82, 2.24) is 5.32 Å². The summed E-state index contributed by atoms with van der Waals surface area (Å²) in [4.78, 5) is 12.0. The molecule has 3 N–H and O–H groups in total. The van der Waals surface area contributed by atoms with Crippen LogP contribution in [0.4, 0.5) is 5.69 Å². The van der Waals surface area contributed by atoms with Crippen LogP contribution in [-0.4, -0.2) is 12.5 Å². The van der Waals surface area contributed by atoms with Crippen molar-refractivity contribution in [2.45, 2.75) is 26.2 Å². The predicted octanol–water partition coefficient (Wildman–Crippen LogP) is 3.20. The monoisotopic (exact) mass is 310 g/mol. The third-order valence-corrected chi connectivity index (χ3v) is 4.54. The molecule has 1 aromatic rings. The number of hydrogen-bond acceptors (Lipinski definition) is 2. The summed E-state index contributed by atoms with van der Waals surface area (Å²) in [6.07, 6.45) is 3.79. The second-order valence-corrected chi connectivity index (χ2v) is 5.97. The van der Waals surface area contributed by atoms with Crippen LogP contribution in [0.1, 0.15) is 36.5 Å². The minimum atomic E-state index is -0.0340. The van der Waals surface area contributed by atoms with E-state index in [-0.39, 0.29) is 5.91 Å². The van der Waals surface area contributed by atoms with Crippen LogP contribution in [0.5, 0.6) is 0 Å². The summed E-state index contributed by atoms with van der Waals surface area (Å²) in [5, 5.41) is 3.01. The molecule has 0 bridgehead atoms. The van der Waals surface area contributed by atoms with Crippen molar-refractivity contribution >= 4 is 27.5 Å². The zero-order valence-corrected chi connectivity index (χ0v) is 12.2. The van der Waals surface area contributed by atoms with Crippen molar-refractivity contribution in [3.8, 4) is 0 Å². The van der Waals surface area contributed by atoms with Gasteiger partial charge < -0.3 is 11.1 Å². The lowest BCUT2D eigenvalue weighted by Crippen LogP contribution is -2.30. The number of carbonyl (C=O) groups is 1. The summed E-state index contributed by atoms with van der Waals surface area (Å²) in [5.74, 6) is 1.32. The largest absolute Gasteiger partial charge is 0.398 e. The Morgan fingerprint density at radius 2 is 2.28 bits per heavy atom. The van der Waals surface area contributed by atoms with Crippen LogP contribution >= 0.6 is 15.9 Å². The quantitative estimate of drug-likeness (QED) is 0.842. The maximum absolute atomic E-state index is 12.0. The highest BCUT2D eigenvalue weighted by Crippen LogP contribution is 2.30. The Hall–Kier alpha value is -1.03. The predicted molar refractivity (Wildman–Crippen MR) is 77.4 cm³/mol. The Morgan fingerprint density at radius 3 is 2.89 bits per heavy atom. The van der Waals surface area contributed by atoms with E-state index in [9.17, 15) is 4.79 Å². The van der Waals surface area contributed by atoms with E-state index >= 15 is 0 Å². The molecule has 0 aromatic heterocycles. The van der Waals surface area contributed by atoms with Crippen molar-refractivity contribution in [2.24, 2.45) is 11.8 Å². The van der Waals surface area contributed by atoms with E-state index < -0.39 is 0 Å². The number of hydrogen-bond donors (Lipinski definition) is 2. The Bertz CT molecular complexity index is 447.